The summed E-state index contributed by atoms with van der Waals surface area (Å²) in [5, 5.41) is 0. The Morgan fingerprint density at radius 3 is 2.56 bits per heavy atom. The van der Waals surface area contributed by atoms with Gasteiger partial charge in [-0.25, -0.2) is 4.98 Å². The van der Waals surface area contributed by atoms with Gasteiger partial charge in [-0.1, -0.05) is 12.5 Å². The highest BCUT2D eigenvalue weighted by Crippen LogP contribution is 2.12. The summed E-state index contributed by atoms with van der Waals surface area (Å²) >= 11 is 4.25. The number of thiol groups is 1. The number of unbranched alkanes of at least 4 members (excludes halogenated alkanes) is 2. The van der Waals surface area contributed by atoms with Crippen LogP contribution in [0.15, 0.2) is 24.4 Å². The van der Waals surface area contributed by atoms with E-state index in [0.717, 1.165) is 37.7 Å². The van der Waals surface area contributed by atoms with E-state index in [9.17, 15) is 0 Å². The topological polar surface area (TPSA) is 19.4 Å². The lowest BCUT2D eigenvalue weighted by Gasteiger charge is -2.35. The summed E-state index contributed by atoms with van der Waals surface area (Å²) in [5.41, 5.74) is 0. The van der Waals surface area contributed by atoms with E-state index in [4.69, 9.17) is 0 Å². The highest BCUT2D eigenvalue weighted by molar-refractivity contribution is 7.80. The molecule has 0 bridgehead atoms. The Morgan fingerprint density at radius 1 is 1.06 bits per heavy atom. The minimum absolute atomic E-state index is 1.02. The van der Waals surface area contributed by atoms with Crippen molar-refractivity contribution >= 4 is 18.4 Å². The summed E-state index contributed by atoms with van der Waals surface area (Å²) < 4.78 is 0. The summed E-state index contributed by atoms with van der Waals surface area (Å²) in [5.74, 6) is 2.14. The molecule has 1 fully saturated rings. The fraction of sp³-hybridized carbons (Fsp3) is 0.643. The molecule has 1 aromatic heterocycles. The minimum Gasteiger partial charge on any atom is -0.354 e. The van der Waals surface area contributed by atoms with Crippen LogP contribution in [0.2, 0.25) is 0 Å². The van der Waals surface area contributed by atoms with Gasteiger partial charge in [-0.3, -0.25) is 4.90 Å². The Kier molecular flexibility index (Phi) is 5.81. The highest BCUT2D eigenvalue weighted by atomic mass is 32.1. The molecule has 0 saturated carbocycles. The number of hydrogen-bond acceptors (Lipinski definition) is 4. The molecule has 1 aromatic rings. The maximum atomic E-state index is 4.41. The molecule has 18 heavy (non-hydrogen) atoms. The van der Waals surface area contributed by atoms with E-state index in [1.807, 2.05) is 12.3 Å². The van der Waals surface area contributed by atoms with Crippen LogP contribution in [0.1, 0.15) is 19.3 Å². The highest BCUT2D eigenvalue weighted by Gasteiger charge is 2.16. The van der Waals surface area contributed by atoms with Crippen molar-refractivity contribution < 1.29 is 0 Å². The van der Waals surface area contributed by atoms with E-state index in [-0.39, 0.29) is 0 Å². The zero-order valence-corrected chi connectivity index (χ0v) is 11.9. The number of anilines is 1. The van der Waals surface area contributed by atoms with Gasteiger partial charge in [0.1, 0.15) is 5.82 Å². The van der Waals surface area contributed by atoms with Crippen LogP contribution in [0.5, 0.6) is 0 Å². The molecule has 1 saturated heterocycles. The number of aromatic nitrogens is 1. The first-order valence-electron chi connectivity index (χ1n) is 6.89. The van der Waals surface area contributed by atoms with Crippen LogP contribution in [-0.2, 0) is 0 Å². The normalized spacial score (nSPS) is 17.1. The third-order valence-electron chi connectivity index (χ3n) is 3.48. The van der Waals surface area contributed by atoms with Crippen LogP contribution < -0.4 is 4.90 Å². The molecule has 0 N–H and O–H groups in total. The molecule has 0 atom stereocenters. The Balaban J connectivity index is 1.68. The zero-order chi connectivity index (χ0) is 12.6. The van der Waals surface area contributed by atoms with Crippen LogP contribution in [-0.4, -0.2) is 48.4 Å². The predicted molar refractivity (Wildman–Crippen MR) is 80.6 cm³/mol. The molecule has 2 heterocycles. The SMILES string of the molecule is SCCCCCN1CCN(c2ccccn2)CC1. The minimum atomic E-state index is 1.02. The van der Waals surface area contributed by atoms with E-state index >= 15 is 0 Å². The van der Waals surface area contributed by atoms with Crippen LogP contribution in [0, 0.1) is 0 Å². The fourth-order valence-corrected chi connectivity index (χ4v) is 2.59. The van der Waals surface area contributed by atoms with Crippen LogP contribution in [0.4, 0.5) is 5.82 Å². The average molecular weight is 265 g/mol. The largest absolute Gasteiger partial charge is 0.354 e. The van der Waals surface area contributed by atoms with Crippen molar-refractivity contribution in [3.8, 4) is 0 Å². The van der Waals surface area contributed by atoms with Crippen molar-refractivity contribution in [3.63, 3.8) is 0 Å². The summed E-state index contributed by atoms with van der Waals surface area (Å²) in [4.78, 5) is 9.36. The summed E-state index contributed by atoms with van der Waals surface area (Å²) in [6, 6.07) is 6.13. The van der Waals surface area contributed by atoms with Gasteiger partial charge in [0.25, 0.3) is 0 Å². The van der Waals surface area contributed by atoms with Crippen molar-refractivity contribution in [1.82, 2.24) is 9.88 Å². The molecule has 1 aliphatic rings. The molecule has 0 aliphatic carbocycles. The van der Waals surface area contributed by atoms with E-state index in [0.29, 0.717) is 0 Å². The number of piperazine rings is 1. The second-order valence-electron chi connectivity index (χ2n) is 4.80. The lowest BCUT2D eigenvalue weighted by Crippen LogP contribution is -2.46. The number of pyridine rings is 1. The van der Waals surface area contributed by atoms with E-state index in [2.05, 4.69) is 39.5 Å². The molecule has 2 rings (SSSR count). The van der Waals surface area contributed by atoms with Gasteiger partial charge in [0.05, 0.1) is 0 Å². The molecular weight excluding hydrogens is 242 g/mol. The van der Waals surface area contributed by atoms with Crippen molar-refractivity contribution in [2.75, 3.05) is 43.4 Å². The average Bonchev–Trinajstić information content (AvgIpc) is 2.45. The van der Waals surface area contributed by atoms with E-state index in [1.54, 1.807) is 0 Å². The lowest BCUT2D eigenvalue weighted by molar-refractivity contribution is 0.252. The molecule has 100 valence electrons. The van der Waals surface area contributed by atoms with Gasteiger partial charge in [0.15, 0.2) is 0 Å². The molecule has 0 aromatic carbocycles. The van der Waals surface area contributed by atoms with Gasteiger partial charge < -0.3 is 4.90 Å². The van der Waals surface area contributed by atoms with Gasteiger partial charge in [-0.15, -0.1) is 0 Å². The van der Waals surface area contributed by atoms with Gasteiger partial charge in [-0.05, 0) is 37.3 Å². The van der Waals surface area contributed by atoms with Crippen molar-refractivity contribution in [2.45, 2.75) is 19.3 Å². The Hall–Kier alpha value is -0.740. The standard InChI is InChI=1S/C14H23N3S/c18-13-5-1-4-8-16-9-11-17(12-10-16)14-6-2-3-7-15-14/h2-3,6-7,18H,1,4-5,8-13H2. The summed E-state index contributed by atoms with van der Waals surface area (Å²) in [7, 11) is 0. The Morgan fingerprint density at radius 2 is 1.89 bits per heavy atom. The molecule has 0 unspecified atom stereocenters. The van der Waals surface area contributed by atoms with Crippen molar-refractivity contribution in [1.29, 1.82) is 0 Å². The maximum Gasteiger partial charge on any atom is 0.128 e. The molecule has 4 heteroatoms. The molecule has 0 radical (unpaired) electrons. The maximum absolute atomic E-state index is 4.41. The van der Waals surface area contributed by atoms with Gasteiger partial charge in [0.2, 0.25) is 0 Å². The van der Waals surface area contributed by atoms with Gasteiger partial charge >= 0.3 is 0 Å². The number of rotatable bonds is 6. The Bertz CT molecular complexity index is 323. The fourth-order valence-electron chi connectivity index (χ4n) is 2.37. The first-order valence-corrected chi connectivity index (χ1v) is 7.52. The zero-order valence-electron chi connectivity index (χ0n) is 11.0. The van der Waals surface area contributed by atoms with Crippen molar-refractivity contribution in [3.05, 3.63) is 24.4 Å². The monoisotopic (exact) mass is 265 g/mol. The molecule has 0 spiro atoms. The second-order valence-corrected chi connectivity index (χ2v) is 5.25. The van der Waals surface area contributed by atoms with Crippen LogP contribution >= 0.6 is 12.6 Å². The summed E-state index contributed by atoms with van der Waals surface area (Å²) in [6.07, 6.45) is 5.74. The van der Waals surface area contributed by atoms with E-state index < -0.39 is 0 Å². The smallest absolute Gasteiger partial charge is 0.128 e. The Labute approximate surface area is 116 Å². The van der Waals surface area contributed by atoms with Crippen molar-refractivity contribution in [2.24, 2.45) is 0 Å². The third-order valence-corrected chi connectivity index (χ3v) is 3.79. The molecule has 3 nitrogen and oxygen atoms in total. The van der Waals surface area contributed by atoms with Gasteiger partial charge in [-0.2, -0.15) is 12.6 Å². The van der Waals surface area contributed by atoms with Gasteiger partial charge in [0, 0.05) is 32.4 Å². The van der Waals surface area contributed by atoms with Crippen LogP contribution in [0.3, 0.4) is 0 Å². The molecule has 0 amide bonds. The second kappa shape index (κ2) is 7.64. The quantitative estimate of drug-likeness (QED) is 0.629. The van der Waals surface area contributed by atoms with Crippen LogP contribution in [0.25, 0.3) is 0 Å². The first-order chi connectivity index (χ1) is 8.90. The first kappa shape index (κ1) is 13.7. The number of nitrogens with zero attached hydrogens (tertiary/aromatic N) is 3. The molecular formula is C14H23N3S. The van der Waals surface area contributed by atoms with E-state index in [1.165, 1.54) is 25.8 Å². The third kappa shape index (κ3) is 4.18. The molecule has 1 aliphatic heterocycles. The number of hydrogen-bond donors (Lipinski definition) is 1. The predicted octanol–water partition coefficient (Wildman–Crippen LogP) is 2.30. The lowest BCUT2D eigenvalue weighted by atomic mass is 10.2. The summed E-state index contributed by atoms with van der Waals surface area (Å²) in [6.45, 7) is 5.77.